The molecule has 0 saturated heterocycles. The lowest BCUT2D eigenvalue weighted by Gasteiger charge is -2.44. The van der Waals surface area contributed by atoms with Crippen molar-refractivity contribution in [2.24, 2.45) is 0 Å². The number of carbonyl (C=O) groups excluding carboxylic acids is 1. The van der Waals surface area contributed by atoms with Crippen molar-refractivity contribution >= 4 is 44.7 Å². The normalized spacial score (nSPS) is 11.7. The van der Waals surface area contributed by atoms with Gasteiger partial charge >= 0.3 is 0 Å². The number of hydrogen-bond acceptors (Lipinski definition) is 3. The lowest BCUT2D eigenvalue weighted by molar-refractivity contribution is 0.101. The van der Waals surface area contributed by atoms with Crippen molar-refractivity contribution < 1.29 is 107 Å². The fourth-order valence-electron chi connectivity index (χ4n) is 6.33. The van der Waals surface area contributed by atoms with Crippen molar-refractivity contribution in [2.75, 3.05) is 30.5 Å². The number of aliphatic hydroxyl groups excluding tert-OH is 2. The molecule has 0 atom stereocenters. The van der Waals surface area contributed by atoms with E-state index in [2.05, 4.69) is 0 Å². The van der Waals surface area contributed by atoms with Crippen molar-refractivity contribution in [2.45, 2.75) is 0 Å². The SMILES string of the molecule is Fc1c(F)c(F)c([B-](c2c(F)c(F)c(F)c(F)c2F)(c2c(F)c(F)c(F)c(F)c2F)c2c(F)c(F)c(F)c(F)c2F)c(F)c1F.O=C(C[S+](CCO)CCO)c1ccccc1F. The topological polar surface area (TPSA) is 57.5 Å². The van der Waals surface area contributed by atoms with Gasteiger partial charge in [0.05, 0.1) is 18.8 Å². The average molecular weight is 938 g/mol. The molecule has 5 rings (SSSR count). The Bertz CT molecular complexity index is 2200. The van der Waals surface area contributed by atoms with E-state index in [4.69, 9.17) is 10.2 Å². The molecule has 5 aromatic carbocycles. The summed E-state index contributed by atoms with van der Waals surface area (Å²) in [6.07, 6.45) is -7.22. The summed E-state index contributed by atoms with van der Waals surface area (Å²) in [7, 11) is -0.380. The van der Waals surface area contributed by atoms with Crippen molar-refractivity contribution in [3.05, 3.63) is 152 Å². The molecule has 0 aliphatic heterocycles. The van der Waals surface area contributed by atoms with Crippen LogP contribution in [0.25, 0.3) is 0 Å². The standard InChI is InChI=1S/C24BF20.C12H16FO3S/c26-5-1(6(27)14(35)21(42)13(5)34)25(2-7(28)15(36)22(43)16(37)8(2)29,3-9(30)17(38)23(44)18(39)10(3)31)4-11(32)19(40)24(45)20(41)12(4)33;13-11-4-2-1-3-10(11)12(16)9-17(7-5-14)8-6-15/h;1-4,14-15H,5-9H2/q-1;+1. The number of aliphatic hydroxyl groups is 2. The van der Waals surface area contributed by atoms with Crippen molar-refractivity contribution in [1.82, 2.24) is 0 Å². The molecule has 0 aliphatic rings. The van der Waals surface area contributed by atoms with Crippen molar-refractivity contribution in [3.63, 3.8) is 0 Å². The molecule has 0 aromatic heterocycles. The maximum Gasteiger partial charge on any atom is 0.214 e. The molecule has 2 N–H and O–H groups in total. The van der Waals surface area contributed by atoms with Gasteiger partial charge in [0.2, 0.25) is 5.78 Å². The number of benzene rings is 5. The lowest BCUT2D eigenvalue weighted by atomic mass is 9.12. The highest BCUT2D eigenvalue weighted by molar-refractivity contribution is 7.97. The Kier molecular flexibility index (Phi) is 15.1. The van der Waals surface area contributed by atoms with E-state index in [-0.39, 0.29) is 41.2 Å². The molecule has 0 heterocycles. The Hall–Kier alpha value is -5.37. The monoisotopic (exact) mass is 938 g/mol. The molecule has 0 amide bonds. The summed E-state index contributed by atoms with van der Waals surface area (Å²) in [6, 6.07) is 5.86. The molecule has 0 aliphatic carbocycles. The van der Waals surface area contributed by atoms with Crippen molar-refractivity contribution in [1.29, 1.82) is 0 Å². The molecule has 0 radical (unpaired) electrons. The first-order valence-corrected chi connectivity index (χ1v) is 18.0. The number of halogens is 21. The highest BCUT2D eigenvalue weighted by atomic mass is 32.2. The Morgan fingerprint density at radius 2 is 0.613 bits per heavy atom. The van der Waals surface area contributed by atoms with Crippen LogP contribution in [0.3, 0.4) is 0 Å². The predicted octanol–water partition coefficient (Wildman–Crippen LogP) is 6.46. The van der Waals surface area contributed by atoms with Crippen LogP contribution in [0.5, 0.6) is 0 Å². The number of carbonyl (C=O) groups is 1. The number of rotatable bonds is 11. The Morgan fingerprint density at radius 3 is 0.839 bits per heavy atom. The summed E-state index contributed by atoms with van der Waals surface area (Å²) in [5.41, 5.74) is -14.2. The molecular weight excluding hydrogens is 922 g/mol. The summed E-state index contributed by atoms with van der Waals surface area (Å²) >= 11 is 0. The van der Waals surface area contributed by atoms with Crippen LogP contribution in [0.2, 0.25) is 0 Å². The van der Waals surface area contributed by atoms with Crippen LogP contribution in [0, 0.1) is 122 Å². The van der Waals surface area contributed by atoms with E-state index in [0.29, 0.717) is 11.5 Å². The van der Waals surface area contributed by atoms with Gasteiger partial charge in [0.1, 0.15) is 70.0 Å². The van der Waals surface area contributed by atoms with E-state index in [1.54, 1.807) is 6.07 Å². The Labute approximate surface area is 334 Å². The summed E-state index contributed by atoms with van der Waals surface area (Å²) in [6.45, 7) is -0.0404. The third kappa shape index (κ3) is 8.06. The van der Waals surface area contributed by atoms with Gasteiger partial charge in [0, 0.05) is 10.9 Å². The minimum absolute atomic E-state index is 0.0202. The van der Waals surface area contributed by atoms with E-state index in [1.165, 1.54) is 18.2 Å². The van der Waals surface area contributed by atoms with Crippen LogP contribution in [0.1, 0.15) is 10.4 Å². The number of hydrogen-bond donors (Lipinski definition) is 2. The molecule has 5 aromatic rings. The second-order valence-corrected chi connectivity index (χ2v) is 14.6. The van der Waals surface area contributed by atoms with Crippen LogP contribution in [-0.2, 0) is 10.9 Å². The molecule has 0 fully saturated rings. The van der Waals surface area contributed by atoms with Gasteiger partial charge in [-0.05, 0) is 12.1 Å². The second-order valence-electron chi connectivity index (χ2n) is 12.3. The van der Waals surface area contributed by atoms with Gasteiger partial charge in [0.25, 0.3) is 0 Å². The summed E-state index contributed by atoms with van der Waals surface area (Å²) in [5.74, 6) is -71.1. The summed E-state index contributed by atoms with van der Waals surface area (Å²) in [5, 5.41) is 17.7. The van der Waals surface area contributed by atoms with E-state index < -0.39 is 150 Å². The van der Waals surface area contributed by atoms with E-state index >= 15 is 35.1 Å². The first kappa shape index (κ1) is 49.3. The first-order chi connectivity index (χ1) is 28.9. The fourth-order valence-corrected chi connectivity index (χ4v) is 7.86. The lowest BCUT2D eigenvalue weighted by Crippen LogP contribution is -2.81. The summed E-state index contributed by atoms with van der Waals surface area (Å²) in [4.78, 5) is 11.8. The zero-order valence-corrected chi connectivity index (χ0v) is 30.4. The van der Waals surface area contributed by atoms with E-state index in [1.807, 2.05) is 0 Å². The van der Waals surface area contributed by atoms with Crippen LogP contribution in [0.4, 0.5) is 92.2 Å². The molecule has 62 heavy (non-hydrogen) atoms. The minimum Gasteiger partial charge on any atom is -0.391 e. The maximum absolute atomic E-state index is 15.4. The molecule has 0 spiro atoms. The molecule has 0 saturated carbocycles. The van der Waals surface area contributed by atoms with Gasteiger partial charge in [-0.2, -0.15) is 0 Å². The number of Topliss-reactive ketones (excluding diaryl/α,β-unsaturated/α-hetero) is 1. The van der Waals surface area contributed by atoms with Crippen LogP contribution >= 0.6 is 0 Å². The average Bonchev–Trinajstić information content (AvgIpc) is 3.24. The van der Waals surface area contributed by atoms with E-state index in [0.717, 1.165) is 0 Å². The van der Waals surface area contributed by atoms with Crippen LogP contribution in [0.15, 0.2) is 24.3 Å². The third-order valence-corrected chi connectivity index (χ3v) is 11.2. The largest absolute Gasteiger partial charge is 0.391 e. The second kappa shape index (κ2) is 18.9. The summed E-state index contributed by atoms with van der Waals surface area (Å²) < 4.78 is 307. The predicted molar refractivity (Wildman–Crippen MR) is 176 cm³/mol. The third-order valence-electron chi connectivity index (χ3n) is 8.98. The smallest absolute Gasteiger partial charge is 0.214 e. The van der Waals surface area contributed by atoms with Gasteiger partial charge in [-0.3, -0.25) is 4.79 Å². The maximum atomic E-state index is 15.4. The van der Waals surface area contributed by atoms with Crippen molar-refractivity contribution in [3.8, 4) is 0 Å². The molecule has 26 heteroatoms. The fraction of sp³-hybridized carbons (Fsp3) is 0.139. The molecule has 3 nitrogen and oxygen atoms in total. The van der Waals surface area contributed by atoms with Crippen LogP contribution in [-0.4, -0.2) is 52.6 Å². The van der Waals surface area contributed by atoms with Gasteiger partial charge in [-0.25, -0.2) is 92.2 Å². The van der Waals surface area contributed by atoms with Gasteiger partial charge < -0.3 is 10.2 Å². The number of ketones is 1. The Balaban J connectivity index is 0.000000416. The highest BCUT2D eigenvalue weighted by Crippen LogP contribution is 2.30. The van der Waals surface area contributed by atoms with Crippen LogP contribution < -0.4 is 21.9 Å². The highest BCUT2D eigenvalue weighted by Gasteiger charge is 2.52. The molecular formula is C36H16BF21O3S. The molecule has 0 unspecified atom stereocenters. The van der Waals surface area contributed by atoms with Gasteiger partial charge in [-0.1, -0.05) is 12.1 Å². The first-order valence-electron chi connectivity index (χ1n) is 16.3. The molecule has 334 valence electrons. The quantitative estimate of drug-likeness (QED) is 0.0400. The Morgan fingerprint density at radius 1 is 0.387 bits per heavy atom. The zero-order chi connectivity index (χ0) is 47.0. The van der Waals surface area contributed by atoms with Gasteiger partial charge in [-0.15, -0.1) is 21.9 Å². The minimum atomic E-state index is -7.22. The molecule has 0 bridgehead atoms. The zero-order valence-electron chi connectivity index (χ0n) is 29.6. The van der Waals surface area contributed by atoms with E-state index in [9.17, 15) is 61.9 Å². The van der Waals surface area contributed by atoms with Gasteiger partial charge in [0.15, 0.2) is 75.6 Å².